The van der Waals surface area contributed by atoms with Gasteiger partial charge in [0.25, 0.3) is 0 Å². The van der Waals surface area contributed by atoms with Crippen molar-refractivity contribution < 1.29 is 8.42 Å². The topological polar surface area (TPSA) is 34.1 Å². The minimum atomic E-state index is -3.02. The quantitative estimate of drug-likeness (QED) is 0.803. The summed E-state index contributed by atoms with van der Waals surface area (Å²) in [6.07, 6.45) is 1.19. The van der Waals surface area contributed by atoms with Crippen molar-refractivity contribution in [2.24, 2.45) is 0 Å². The lowest BCUT2D eigenvalue weighted by molar-refractivity contribution is 0.600. The van der Waals surface area contributed by atoms with Crippen molar-refractivity contribution in [2.45, 2.75) is 12.3 Å². The lowest BCUT2D eigenvalue weighted by atomic mass is 10.3. The number of hydrogen-bond donors (Lipinski definition) is 0. The number of aryl methyl sites for hydroxylation is 1. The summed E-state index contributed by atoms with van der Waals surface area (Å²) in [6.45, 7) is 1.95. The summed E-state index contributed by atoms with van der Waals surface area (Å²) in [7, 11) is -3.02. The zero-order valence-corrected chi connectivity index (χ0v) is 11.7. The van der Waals surface area contributed by atoms with Crippen molar-refractivity contribution in [1.29, 1.82) is 0 Å². The summed E-state index contributed by atoms with van der Waals surface area (Å²) < 4.78 is 23.0. The highest BCUT2D eigenvalue weighted by atomic mass is 79.9. The Morgan fingerprint density at radius 3 is 2.57 bits per heavy atom. The van der Waals surface area contributed by atoms with Crippen LogP contribution in [0, 0.1) is 6.92 Å². The molecule has 0 radical (unpaired) electrons. The standard InChI is InChI=1S/C8H10BrClO2S2/c1-5-3-7(13-8(5)9)6(10)4-14(2,11)12/h3,6H,4H2,1-2H3. The molecule has 0 spiro atoms. The van der Waals surface area contributed by atoms with Crippen LogP contribution in [-0.2, 0) is 9.84 Å². The third kappa shape index (κ3) is 3.53. The smallest absolute Gasteiger partial charge is 0.149 e. The van der Waals surface area contributed by atoms with Gasteiger partial charge in [0.15, 0.2) is 0 Å². The second kappa shape index (κ2) is 4.51. The Labute approximate surface area is 101 Å². The van der Waals surface area contributed by atoms with E-state index in [9.17, 15) is 8.42 Å². The van der Waals surface area contributed by atoms with Crippen LogP contribution in [0.4, 0.5) is 0 Å². The molecule has 0 N–H and O–H groups in total. The molecule has 0 saturated heterocycles. The molecule has 1 atom stereocenters. The molecule has 0 aliphatic heterocycles. The summed E-state index contributed by atoms with van der Waals surface area (Å²) >= 11 is 10.8. The molecule has 0 aliphatic rings. The van der Waals surface area contributed by atoms with Crippen LogP contribution in [0.2, 0.25) is 0 Å². The summed E-state index contributed by atoms with van der Waals surface area (Å²) in [5.41, 5.74) is 1.09. The fraction of sp³-hybridized carbons (Fsp3) is 0.500. The molecule has 1 aromatic rings. The molecule has 1 heterocycles. The van der Waals surface area contributed by atoms with E-state index in [1.807, 2.05) is 13.0 Å². The largest absolute Gasteiger partial charge is 0.229 e. The molecule has 0 aromatic carbocycles. The maximum Gasteiger partial charge on any atom is 0.149 e. The molecule has 1 unspecified atom stereocenters. The third-order valence-corrected chi connectivity index (χ3v) is 5.52. The van der Waals surface area contributed by atoms with Crippen molar-refractivity contribution in [3.63, 3.8) is 0 Å². The monoisotopic (exact) mass is 316 g/mol. The Morgan fingerprint density at radius 2 is 2.21 bits per heavy atom. The average Bonchev–Trinajstić information content (AvgIpc) is 2.28. The van der Waals surface area contributed by atoms with Gasteiger partial charge in [-0.25, -0.2) is 8.42 Å². The van der Waals surface area contributed by atoms with Crippen LogP contribution in [0.1, 0.15) is 15.8 Å². The Bertz CT molecular complexity index is 405. The van der Waals surface area contributed by atoms with E-state index in [1.165, 1.54) is 17.6 Å². The van der Waals surface area contributed by atoms with E-state index in [1.54, 1.807) is 0 Å². The van der Waals surface area contributed by atoms with Gasteiger partial charge in [-0.1, -0.05) is 0 Å². The van der Waals surface area contributed by atoms with Gasteiger partial charge >= 0.3 is 0 Å². The van der Waals surface area contributed by atoms with E-state index in [0.717, 1.165) is 14.2 Å². The predicted octanol–water partition coefficient (Wildman–Crippen LogP) is 3.14. The van der Waals surface area contributed by atoms with Crippen LogP contribution < -0.4 is 0 Å². The Kier molecular flexibility index (Phi) is 4.03. The molecule has 0 bridgehead atoms. The van der Waals surface area contributed by atoms with Gasteiger partial charge in [-0.05, 0) is 34.5 Å². The molecule has 1 rings (SSSR count). The second-order valence-corrected chi connectivity index (χ2v) is 8.28. The van der Waals surface area contributed by atoms with Gasteiger partial charge in [-0.3, -0.25) is 0 Å². The van der Waals surface area contributed by atoms with Crippen LogP contribution in [0.25, 0.3) is 0 Å². The minimum Gasteiger partial charge on any atom is -0.229 e. The van der Waals surface area contributed by atoms with Gasteiger partial charge in [0.1, 0.15) is 9.84 Å². The van der Waals surface area contributed by atoms with Crippen molar-refractivity contribution in [3.05, 3.63) is 20.3 Å². The second-order valence-electron chi connectivity index (χ2n) is 3.17. The van der Waals surface area contributed by atoms with Crippen LogP contribution in [0.5, 0.6) is 0 Å². The van der Waals surface area contributed by atoms with Gasteiger partial charge in [-0.2, -0.15) is 0 Å². The van der Waals surface area contributed by atoms with Crippen LogP contribution in [0.15, 0.2) is 9.85 Å². The van der Waals surface area contributed by atoms with E-state index >= 15 is 0 Å². The number of hydrogen-bond acceptors (Lipinski definition) is 3. The zero-order chi connectivity index (χ0) is 10.9. The lowest BCUT2D eigenvalue weighted by Gasteiger charge is -2.04. The number of halogens is 2. The Balaban J connectivity index is 2.85. The summed E-state index contributed by atoms with van der Waals surface area (Å²) in [4.78, 5) is 0.890. The van der Waals surface area contributed by atoms with Crippen molar-refractivity contribution in [3.8, 4) is 0 Å². The Hall–Kier alpha value is 0.420. The summed E-state index contributed by atoms with van der Waals surface area (Å²) in [5.74, 6) is -0.0129. The maximum atomic E-state index is 11.0. The molecule has 0 aliphatic carbocycles. The van der Waals surface area contributed by atoms with Crippen molar-refractivity contribution in [2.75, 3.05) is 12.0 Å². The molecule has 14 heavy (non-hydrogen) atoms. The highest BCUT2D eigenvalue weighted by Gasteiger charge is 2.17. The van der Waals surface area contributed by atoms with Gasteiger partial charge in [0.05, 0.1) is 14.9 Å². The molecule has 0 saturated carbocycles. The first kappa shape index (κ1) is 12.5. The molecular formula is C8H10BrClO2S2. The third-order valence-electron chi connectivity index (χ3n) is 1.63. The van der Waals surface area contributed by atoms with E-state index in [0.29, 0.717) is 0 Å². The SMILES string of the molecule is Cc1cc(C(Cl)CS(C)(=O)=O)sc1Br. The normalized spacial score (nSPS) is 14.3. The van der Waals surface area contributed by atoms with Gasteiger partial charge in [0.2, 0.25) is 0 Å². The lowest BCUT2D eigenvalue weighted by Crippen LogP contribution is -2.07. The number of thiophene rings is 1. The summed E-state index contributed by atoms with van der Waals surface area (Å²) in [5, 5.41) is -0.444. The fourth-order valence-electron chi connectivity index (χ4n) is 0.986. The zero-order valence-electron chi connectivity index (χ0n) is 7.75. The van der Waals surface area contributed by atoms with E-state index in [-0.39, 0.29) is 5.75 Å². The molecule has 1 aromatic heterocycles. The molecule has 6 heteroatoms. The minimum absolute atomic E-state index is 0.0129. The highest BCUT2D eigenvalue weighted by Crippen LogP contribution is 2.34. The van der Waals surface area contributed by atoms with Crippen LogP contribution in [0.3, 0.4) is 0 Å². The molecule has 0 fully saturated rings. The molecule has 2 nitrogen and oxygen atoms in total. The maximum absolute atomic E-state index is 11.0. The van der Waals surface area contributed by atoms with Gasteiger partial charge < -0.3 is 0 Å². The highest BCUT2D eigenvalue weighted by molar-refractivity contribution is 9.11. The predicted molar refractivity (Wildman–Crippen MR) is 65.1 cm³/mol. The van der Waals surface area contributed by atoms with Gasteiger partial charge in [-0.15, -0.1) is 22.9 Å². The van der Waals surface area contributed by atoms with Gasteiger partial charge in [0, 0.05) is 11.1 Å². The molecule has 0 amide bonds. The molecular weight excluding hydrogens is 308 g/mol. The Morgan fingerprint density at radius 1 is 1.64 bits per heavy atom. The first-order chi connectivity index (χ1) is 6.29. The van der Waals surface area contributed by atoms with E-state index in [2.05, 4.69) is 15.9 Å². The summed E-state index contributed by atoms with van der Waals surface area (Å²) in [6, 6.07) is 1.91. The number of rotatable bonds is 3. The number of alkyl halides is 1. The first-order valence-electron chi connectivity index (χ1n) is 3.87. The fourth-order valence-corrected chi connectivity index (χ4v) is 4.23. The van der Waals surface area contributed by atoms with E-state index in [4.69, 9.17) is 11.6 Å². The van der Waals surface area contributed by atoms with Crippen LogP contribution in [-0.4, -0.2) is 20.4 Å². The van der Waals surface area contributed by atoms with E-state index < -0.39 is 15.2 Å². The van der Waals surface area contributed by atoms with Crippen LogP contribution >= 0.6 is 38.9 Å². The number of sulfone groups is 1. The first-order valence-corrected chi connectivity index (χ1v) is 7.98. The average molecular weight is 318 g/mol. The van der Waals surface area contributed by atoms with Crippen molar-refractivity contribution >= 4 is 48.7 Å². The molecule has 80 valence electrons. The van der Waals surface area contributed by atoms with Crippen molar-refractivity contribution in [1.82, 2.24) is 0 Å².